The first-order chi connectivity index (χ1) is 19.8. The number of carbonyl (C=O) groups is 3. The molecule has 0 aromatic heterocycles. The van der Waals surface area contributed by atoms with E-state index in [2.05, 4.69) is 16.6 Å². The van der Waals surface area contributed by atoms with Gasteiger partial charge in [-0.05, 0) is 99.8 Å². The summed E-state index contributed by atoms with van der Waals surface area (Å²) in [6, 6.07) is 7.61. The van der Waals surface area contributed by atoms with Crippen molar-refractivity contribution in [2.75, 3.05) is 40.1 Å². The van der Waals surface area contributed by atoms with Gasteiger partial charge in [-0.25, -0.2) is 14.4 Å². The molecule has 0 spiro atoms. The van der Waals surface area contributed by atoms with Gasteiger partial charge in [0, 0.05) is 18.2 Å². The van der Waals surface area contributed by atoms with Crippen LogP contribution in [0.2, 0.25) is 0 Å². The van der Waals surface area contributed by atoms with Crippen LogP contribution in [0.25, 0.3) is 6.08 Å². The van der Waals surface area contributed by atoms with Gasteiger partial charge in [0.2, 0.25) is 0 Å². The molecule has 0 heterocycles. The topological polar surface area (TPSA) is 109 Å². The first kappa shape index (κ1) is 32.2. The lowest BCUT2D eigenvalue weighted by atomic mass is 9.83. The van der Waals surface area contributed by atoms with Crippen molar-refractivity contribution in [3.63, 3.8) is 0 Å². The molecule has 0 bridgehead atoms. The number of hydrogen-bond donors (Lipinski definition) is 1. The van der Waals surface area contributed by atoms with Crippen LogP contribution in [0.1, 0.15) is 63.9 Å². The molecule has 0 atom stereocenters. The van der Waals surface area contributed by atoms with E-state index in [-0.39, 0.29) is 18.0 Å². The van der Waals surface area contributed by atoms with Crippen LogP contribution < -0.4 is 10.1 Å². The fourth-order valence-corrected chi connectivity index (χ4v) is 5.09. The molecule has 2 saturated carbocycles. The highest BCUT2D eigenvalue weighted by atomic mass is 16.6. The highest BCUT2D eigenvalue weighted by Crippen LogP contribution is 2.30. The van der Waals surface area contributed by atoms with Crippen molar-refractivity contribution in [2.24, 2.45) is 17.8 Å². The first-order valence-corrected chi connectivity index (χ1v) is 14.7. The van der Waals surface area contributed by atoms with Gasteiger partial charge in [-0.2, -0.15) is 0 Å². The van der Waals surface area contributed by atoms with Crippen LogP contribution in [0.5, 0.6) is 5.75 Å². The third kappa shape index (κ3) is 12.4. The molecule has 0 unspecified atom stereocenters. The highest BCUT2D eigenvalue weighted by Gasteiger charge is 2.24. The SMILES string of the molecule is C=C(C)C(=O)OCC1CCC(OCCNC(=O)OCC2CCC(COc3ccc(/C=C/C(=O)OC)cc3)CC2)CC1. The van der Waals surface area contributed by atoms with E-state index in [1.54, 1.807) is 13.0 Å². The van der Waals surface area contributed by atoms with Crippen molar-refractivity contribution < 1.29 is 38.1 Å². The molecule has 2 aliphatic rings. The number of ether oxygens (including phenoxy) is 5. The number of hydrogen-bond acceptors (Lipinski definition) is 8. The Bertz CT molecular complexity index is 1010. The standard InChI is InChI=1S/C32H45NO8/c1-23(2)31(35)40-21-27-10-15-28(16-11-27)38-19-18-33-32(36)41-22-26-6-4-25(5-7-26)20-39-29-13-8-24(9-14-29)12-17-30(34)37-3/h8-9,12-14,17,25-28H,1,4-7,10-11,15-16,18-22H2,2-3H3,(H,33,36)/b17-12+. The van der Waals surface area contributed by atoms with E-state index >= 15 is 0 Å². The summed E-state index contributed by atoms with van der Waals surface area (Å²) in [7, 11) is 1.35. The lowest BCUT2D eigenvalue weighted by Gasteiger charge is -2.28. The molecule has 0 radical (unpaired) electrons. The molecule has 0 saturated heterocycles. The zero-order chi connectivity index (χ0) is 29.5. The van der Waals surface area contributed by atoms with Gasteiger partial charge in [0.25, 0.3) is 0 Å². The predicted molar refractivity (Wildman–Crippen MR) is 155 cm³/mol. The summed E-state index contributed by atoms with van der Waals surface area (Å²) in [6.45, 7) is 7.66. The van der Waals surface area contributed by atoms with Gasteiger partial charge in [-0.15, -0.1) is 0 Å². The quantitative estimate of drug-likeness (QED) is 0.135. The number of benzene rings is 1. The Balaban J connectivity index is 1.18. The van der Waals surface area contributed by atoms with E-state index in [1.807, 2.05) is 24.3 Å². The van der Waals surface area contributed by atoms with Crippen LogP contribution in [0, 0.1) is 17.8 Å². The van der Waals surface area contributed by atoms with E-state index in [0.717, 1.165) is 62.7 Å². The van der Waals surface area contributed by atoms with E-state index in [9.17, 15) is 14.4 Å². The molecule has 9 nitrogen and oxygen atoms in total. The van der Waals surface area contributed by atoms with Crippen LogP contribution >= 0.6 is 0 Å². The molecule has 9 heteroatoms. The predicted octanol–water partition coefficient (Wildman–Crippen LogP) is 5.48. The second-order valence-electron chi connectivity index (χ2n) is 11.0. The molecular weight excluding hydrogens is 526 g/mol. The van der Waals surface area contributed by atoms with E-state index in [1.165, 1.54) is 13.2 Å². The Morgan fingerprint density at radius 2 is 1.46 bits per heavy atom. The zero-order valence-electron chi connectivity index (χ0n) is 24.4. The molecule has 3 rings (SSSR count). The number of carbonyl (C=O) groups excluding carboxylic acids is 3. The largest absolute Gasteiger partial charge is 0.493 e. The van der Waals surface area contributed by atoms with Crippen molar-refractivity contribution in [1.29, 1.82) is 0 Å². The molecule has 226 valence electrons. The van der Waals surface area contributed by atoms with Crippen LogP contribution in [0.4, 0.5) is 4.79 Å². The number of alkyl carbamates (subject to hydrolysis) is 1. The summed E-state index contributed by atoms with van der Waals surface area (Å²) in [5.74, 6) is 1.32. The minimum Gasteiger partial charge on any atom is -0.493 e. The minimum atomic E-state index is -0.396. The Morgan fingerprint density at radius 1 is 0.878 bits per heavy atom. The molecule has 1 amide bonds. The summed E-state index contributed by atoms with van der Waals surface area (Å²) in [4.78, 5) is 34.8. The third-order valence-electron chi connectivity index (χ3n) is 7.71. The Morgan fingerprint density at radius 3 is 2.07 bits per heavy atom. The number of nitrogens with one attached hydrogen (secondary N) is 1. The molecule has 1 N–H and O–H groups in total. The number of esters is 2. The molecule has 1 aromatic carbocycles. The fraction of sp³-hybridized carbons (Fsp3) is 0.594. The van der Waals surface area contributed by atoms with Gasteiger partial charge < -0.3 is 29.0 Å². The van der Waals surface area contributed by atoms with Crippen LogP contribution in [0.15, 0.2) is 42.5 Å². The average molecular weight is 572 g/mol. The molecule has 0 aliphatic heterocycles. The number of amides is 1. The van der Waals surface area contributed by atoms with Crippen molar-refractivity contribution in [2.45, 2.75) is 64.4 Å². The van der Waals surface area contributed by atoms with Crippen molar-refractivity contribution in [3.05, 3.63) is 48.1 Å². The Labute approximate surface area is 243 Å². The Kier molecular flexibility index (Phi) is 13.7. The maximum absolute atomic E-state index is 12.1. The number of rotatable bonds is 14. The lowest BCUT2D eigenvalue weighted by Crippen LogP contribution is -2.32. The van der Waals surface area contributed by atoms with E-state index in [4.69, 9.17) is 18.9 Å². The first-order valence-electron chi connectivity index (χ1n) is 14.7. The van der Waals surface area contributed by atoms with Crippen molar-refractivity contribution >= 4 is 24.1 Å². The fourth-order valence-electron chi connectivity index (χ4n) is 5.09. The lowest BCUT2D eigenvalue weighted by molar-refractivity contribution is -0.141. The second kappa shape index (κ2) is 17.5. The summed E-state index contributed by atoms with van der Waals surface area (Å²) < 4.78 is 27.2. The summed E-state index contributed by atoms with van der Waals surface area (Å²) in [5, 5.41) is 2.78. The van der Waals surface area contributed by atoms with Gasteiger partial charge in [-0.3, -0.25) is 0 Å². The molecule has 1 aromatic rings. The monoisotopic (exact) mass is 571 g/mol. The zero-order valence-corrected chi connectivity index (χ0v) is 24.4. The maximum Gasteiger partial charge on any atom is 0.407 e. The molecule has 41 heavy (non-hydrogen) atoms. The van der Waals surface area contributed by atoms with Gasteiger partial charge in [0.1, 0.15) is 5.75 Å². The minimum absolute atomic E-state index is 0.176. The van der Waals surface area contributed by atoms with Gasteiger partial charge in [0.15, 0.2) is 0 Å². The summed E-state index contributed by atoms with van der Waals surface area (Å²) >= 11 is 0. The molecule has 2 aliphatic carbocycles. The van der Waals surface area contributed by atoms with E-state index < -0.39 is 6.09 Å². The van der Waals surface area contributed by atoms with Crippen molar-refractivity contribution in [1.82, 2.24) is 5.32 Å². The summed E-state index contributed by atoms with van der Waals surface area (Å²) in [6.07, 6.45) is 10.8. The van der Waals surface area contributed by atoms with E-state index in [0.29, 0.717) is 56.3 Å². The van der Waals surface area contributed by atoms with Gasteiger partial charge in [-0.1, -0.05) is 18.7 Å². The second-order valence-corrected chi connectivity index (χ2v) is 11.0. The molecular formula is C32H45NO8. The third-order valence-corrected chi connectivity index (χ3v) is 7.71. The normalized spacial score (nSPS) is 22.5. The van der Waals surface area contributed by atoms with Crippen LogP contribution in [-0.2, 0) is 28.5 Å². The van der Waals surface area contributed by atoms with Crippen LogP contribution in [-0.4, -0.2) is 64.2 Å². The van der Waals surface area contributed by atoms with Gasteiger partial charge in [0.05, 0.1) is 39.6 Å². The maximum atomic E-state index is 12.1. The van der Waals surface area contributed by atoms with Crippen molar-refractivity contribution in [3.8, 4) is 5.75 Å². The van der Waals surface area contributed by atoms with Crippen LogP contribution in [0.3, 0.4) is 0 Å². The Hall–Kier alpha value is -3.33. The summed E-state index contributed by atoms with van der Waals surface area (Å²) in [5.41, 5.74) is 1.33. The van der Waals surface area contributed by atoms with Gasteiger partial charge >= 0.3 is 18.0 Å². The highest BCUT2D eigenvalue weighted by molar-refractivity contribution is 5.87. The average Bonchev–Trinajstić information content (AvgIpc) is 3.00. The smallest absolute Gasteiger partial charge is 0.407 e. The molecule has 2 fully saturated rings. The number of methoxy groups -OCH3 is 1.